The lowest BCUT2D eigenvalue weighted by Crippen LogP contribution is -2.29. The normalized spacial score (nSPS) is 15.7. The zero-order valence-corrected chi connectivity index (χ0v) is 18.7. The first-order valence-corrected chi connectivity index (χ1v) is 11.1. The summed E-state index contributed by atoms with van der Waals surface area (Å²) in [5.74, 6) is 0.104. The highest BCUT2D eigenvalue weighted by Crippen LogP contribution is 2.33. The quantitative estimate of drug-likeness (QED) is 0.385. The van der Waals surface area contributed by atoms with Crippen LogP contribution in [0.5, 0.6) is 0 Å². The van der Waals surface area contributed by atoms with E-state index in [9.17, 15) is 9.59 Å². The Balaban J connectivity index is 1.25. The molecule has 0 saturated carbocycles. The number of hydrogen-bond acceptors (Lipinski definition) is 6. The minimum Gasteiger partial charge on any atom is -0.345 e. The molecular weight excluding hydrogens is 444 g/mol. The fourth-order valence-electron chi connectivity index (χ4n) is 4.21. The molecule has 172 valence electrons. The maximum absolute atomic E-state index is 12.7. The molecule has 3 heterocycles. The zero-order valence-electron chi connectivity index (χ0n) is 18.7. The number of H-pyrrole nitrogens is 1. The molecular formula is C25H20N8O2. The Kier molecular flexibility index (Phi) is 4.84. The topological polar surface area (TPSA) is 122 Å². The van der Waals surface area contributed by atoms with Gasteiger partial charge in [-0.2, -0.15) is 4.80 Å². The van der Waals surface area contributed by atoms with E-state index >= 15 is 0 Å². The van der Waals surface area contributed by atoms with Gasteiger partial charge in [-0.1, -0.05) is 54.1 Å². The fraction of sp³-hybridized carbons (Fsp3) is 0.120. The summed E-state index contributed by atoms with van der Waals surface area (Å²) in [6, 6.07) is 19.6. The summed E-state index contributed by atoms with van der Waals surface area (Å²) >= 11 is 0. The van der Waals surface area contributed by atoms with Crippen LogP contribution in [0.4, 0.5) is 10.5 Å². The van der Waals surface area contributed by atoms with Crippen molar-refractivity contribution in [1.82, 2.24) is 35.5 Å². The Bertz CT molecular complexity index is 1550. The third-order valence-corrected chi connectivity index (χ3v) is 6.02. The first-order valence-electron chi connectivity index (χ1n) is 11.1. The van der Waals surface area contributed by atoms with Gasteiger partial charge < -0.3 is 4.98 Å². The lowest BCUT2D eigenvalue weighted by atomic mass is 10.0. The van der Waals surface area contributed by atoms with Crippen LogP contribution in [-0.2, 0) is 11.3 Å². The summed E-state index contributed by atoms with van der Waals surface area (Å²) in [4.78, 5) is 35.6. The van der Waals surface area contributed by atoms with Crippen LogP contribution < -0.4 is 10.2 Å². The number of aromatic amines is 1. The summed E-state index contributed by atoms with van der Waals surface area (Å²) in [6.45, 7) is 2.56. The van der Waals surface area contributed by atoms with E-state index in [2.05, 4.69) is 30.7 Å². The highest BCUT2D eigenvalue weighted by molar-refractivity contribution is 6.15. The predicted octanol–water partition coefficient (Wildman–Crippen LogP) is 3.37. The Morgan fingerprint density at radius 1 is 0.971 bits per heavy atom. The largest absolute Gasteiger partial charge is 0.345 e. The number of fused-ring (bicyclic) bond motifs is 1. The smallest absolute Gasteiger partial charge is 0.329 e. The van der Waals surface area contributed by atoms with Crippen LogP contribution in [0, 0.1) is 6.92 Å². The molecule has 1 fully saturated rings. The average molecular weight is 464 g/mol. The average Bonchev–Trinajstić information content (AvgIpc) is 3.59. The number of carbonyl (C=O) groups excluding carboxylic acids is 2. The number of carbonyl (C=O) groups is 2. The SMILES string of the molecule is Cc1ccc(Cn2nnc(-c3ccc(C4C(=O)NC(=O)N4c4ccc5nc[nH]c5c4)cc3)n2)cc1. The number of anilines is 1. The van der Waals surface area contributed by atoms with Crippen molar-refractivity contribution in [2.45, 2.75) is 19.5 Å². The summed E-state index contributed by atoms with van der Waals surface area (Å²) in [5, 5.41) is 15.2. The molecule has 2 aromatic heterocycles. The van der Waals surface area contributed by atoms with E-state index in [1.54, 1.807) is 35.4 Å². The van der Waals surface area contributed by atoms with Crippen molar-refractivity contribution in [3.63, 3.8) is 0 Å². The van der Waals surface area contributed by atoms with Crippen molar-refractivity contribution in [3.05, 3.63) is 89.7 Å². The third kappa shape index (κ3) is 3.80. The third-order valence-electron chi connectivity index (χ3n) is 6.02. The van der Waals surface area contributed by atoms with E-state index in [0.29, 0.717) is 23.6 Å². The summed E-state index contributed by atoms with van der Waals surface area (Å²) < 4.78 is 0. The number of imidazole rings is 1. The first kappa shape index (κ1) is 20.7. The molecule has 0 radical (unpaired) electrons. The van der Waals surface area contributed by atoms with Gasteiger partial charge in [0.2, 0.25) is 5.82 Å². The molecule has 10 heteroatoms. The molecule has 0 spiro atoms. The van der Waals surface area contributed by atoms with Crippen LogP contribution in [0.3, 0.4) is 0 Å². The minimum absolute atomic E-state index is 0.380. The number of tetrazole rings is 1. The van der Waals surface area contributed by atoms with Gasteiger partial charge in [-0.25, -0.2) is 9.78 Å². The van der Waals surface area contributed by atoms with Gasteiger partial charge in [0.1, 0.15) is 6.04 Å². The highest BCUT2D eigenvalue weighted by atomic mass is 16.2. The minimum atomic E-state index is -0.790. The Morgan fingerprint density at radius 2 is 1.77 bits per heavy atom. The van der Waals surface area contributed by atoms with Gasteiger partial charge in [-0.15, -0.1) is 10.2 Å². The van der Waals surface area contributed by atoms with Crippen molar-refractivity contribution in [1.29, 1.82) is 0 Å². The summed E-state index contributed by atoms with van der Waals surface area (Å²) in [5.41, 5.74) is 5.87. The fourth-order valence-corrected chi connectivity index (χ4v) is 4.21. The highest BCUT2D eigenvalue weighted by Gasteiger charge is 2.40. The van der Waals surface area contributed by atoms with E-state index in [1.165, 1.54) is 10.5 Å². The molecule has 1 aliphatic heterocycles. The Labute approximate surface area is 199 Å². The van der Waals surface area contributed by atoms with E-state index in [4.69, 9.17) is 0 Å². The van der Waals surface area contributed by atoms with Gasteiger partial charge >= 0.3 is 6.03 Å². The molecule has 10 nitrogen and oxygen atoms in total. The van der Waals surface area contributed by atoms with Gasteiger partial charge in [0.05, 0.1) is 23.9 Å². The number of urea groups is 1. The second-order valence-electron chi connectivity index (χ2n) is 8.42. The Morgan fingerprint density at radius 3 is 2.57 bits per heavy atom. The van der Waals surface area contributed by atoms with Crippen molar-refractivity contribution in [2.24, 2.45) is 0 Å². The van der Waals surface area contributed by atoms with Crippen LogP contribution in [0.15, 0.2) is 73.1 Å². The maximum atomic E-state index is 12.7. The number of aromatic nitrogens is 6. The number of amides is 3. The van der Waals surface area contributed by atoms with Crippen LogP contribution in [0.25, 0.3) is 22.4 Å². The second kappa shape index (κ2) is 8.17. The van der Waals surface area contributed by atoms with Crippen molar-refractivity contribution >= 4 is 28.7 Å². The molecule has 2 N–H and O–H groups in total. The van der Waals surface area contributed by atoms with E-state index in [-0.39, 0.29) is 5.91 Å². The number of aryl methyl sites for hydroxylation is 1. The van der Waals surface area contributed by atoms with E-state index < -0.39 is 12.1 Å². The molecule has 3 aromatic carbocycles. The van der Waals surface area contributed by atoms with Crippen LogP contribution in [-0.4, -0.2) is 42.1 Å². The first-order chi connectivity index (χ1) is 17.0. The summed E-state index contributed by atoms with van der Waals surface area (Å²) in [7, 11) is 0. The monoisotopic (exact) mass is 464 g/mol. The molecule has 3 amide bonds. The number of nitrogens with one attached hydrogen (secondary N) is 2. The van der Waals surface area contributed by atoms with Gasteiger partial charge in [0.25, 0.3) is 5.91 Å². The van der Waals surface area contributed by atoms with Crippen LogP contribution >= 0.6 is 0 Å². The molecule has 6 rings (SSSR count). The maximum Gasteiger partial charge on any atom is 0.329 e. The Hall–Kier alpha value is -4.86. The second-order valence-corrected chi connectivity index (χ2v) is 8.42. The standard InChI is InChI=1S/C25H20N8O2/c1-15-2-4-16(5-3-15)13-32-30-23(29-31-32)18-8-6-17(7-9-18)22-24(34)28-25(35)33(22)19-10-11-20-21(12-19)27-14-26-20/h2-12,14,22H,13H2,1H3,(H,26,27)(H,28,34,35). The van der Waals surface area contributed by atoms with Gasteiger partial charge in [-0.05, 0) is 41.5 Å². The van der Waals surface area contributed by atoms with Gasteiger partial charge in [-0.3, -0.25) is 15.0 Å². The predicted molar refractivity (Wildman–Crippen MR) is 128 cm³/mol. The lowest BCUT2D eigenvalue weighted by molar-refractivity contribution is -0.119. The summed E-state index contributed by atoms with van der Waals surface area (Å²) in [6.07, 6.45) is 1.59. The number of nitrogens with zero attached hydrogens (tertiary/aromatic N) is 6. The van der Waals surface area contributed by atoms with Crippen molar-refractivity contribution in [3.8, 4) is 11.4 Å². The van der Waals surface area contributed by atoms with Crippen molar-refractivity contribution < 1.29 is 9.59 Å². The number of rotatable bonds is 5. The molecule has 1 saturated heterocycles. The molecule has 0 aliphatic carbocycles. The molecule has 1 unspecified atom stereocenters. The molecule has 5 aromatic rings. The van der Waals surface area contributed by atoms with Gasteiger partial charge in [0, 0.05) is 11.3 Å². The number of hydrogen-bond donors (Lipinski definition) is 2. The van der Waals surface area contributed by atoms with E-state index in [0.717, 1.165) is 22.2 Å². The van der Waals surface area contributed by atoms with Crippen molar-refractivity contribution in [2.75, 3.05) is 4.90 Å². The molecule has 1 atom stereocenters. The van der Waals surface area contributed by atoms with Crippen LogP contribution in [0.2, 0.25) is 0 Å². The van der Waals surface area contributed by atoms with Gasteiger partial charge in [0.15, 0.2) is 0 Å². The molecule has 0 bridgehead atoms. The molecule has 35 heavy (non-hydrogen) atoms. The molecule has 1 aliphatic rings. The lowest BCUT2D eigenvalue weighted by Gasteiger charge is -2.22. The zero-order chi connectivity index (χ0) is 23.9. The van der Waals surface area contributed by atoms with Crippen LogP contribution in [0.1, 0.15) is 22.7 Å². The number of benzene rings is 3. The number of imide groups is 1. The van der Waals surface area contributed by atoms with E-state index in [1.807, 2.05) is 49.4 Å².